The molecule has 4 aromatic rings. The minimum atomic E-state index is -0.509. The zero-order valence-corrected chi connectivity index (χ0v) is 23.2. The summed E-state index contributed by atoms with van der Waals surface area (Å²) in [5, 5.41) is 7.39. The molecule has 2 N–H and O–H groups in total. The largest absolute Gasteiger partial charge is 0.466 e. The standard InChI is InChI=1S/C33H36N2O5/c1-4-39-32(37)11-7-9-29(36)24-16-18-27(19-17-24)35-28(33(38)34-22(2)3)20-23-12-14-25(15-13-23)31-21-26-8-5-6-10-30(26)40-31/h5-6,8,10,12-19,21-22,28,35H,4,7,9,11,20H2,1-3H3,(H,34,38)/t28-/m1/s1. The highest BCUT2D eigenvalue weighted by atomic mass is 16.5. The zero-order chi connectivity index (χ0) is 28.5. The third-order valence-corrected chi connectivity index (χ3v) is 6.49. The number of esters is 1. The molecule has 0 saturated heterocycles. The molecule has 208 valence electrons. The molecule has 0 spiro atoms. The average molecular weight is 541 g/mol. The van der Waals surface area contributed by atoms with Crippen molar-refractivity contribution in [2.75, 3.05) is 11.9 Å². The lowest BCUT2D eigenvalue weighted by Gasteiger charge is -2.21. The smallest absolute Gasteiger partial charge is 0.305 e. The van der Waals surface area contributed by atoms with Crippen molar-refractivity contribution in [2.45, 2.75) is 58.5 Å². The van der Waals surface area contributed by atoms with Crippen molar-refractivity contribution in [3.05, 3.63) is 90.0 Å². The van der Waals surface area contributed by atoms with E-state index in [2.05, 4.69) is 10.6 Å². The lowest BCUT2D eigenvalue weighted by molar-refractivity contribution is -0.143. The Morgan fingerprint density at radius 3 is 2.30 bits per heavy atom. The first-order valence-corrected chi connectivity index (χ1v) is 13.8. The molecule has 0 fully saturated rings. The molecule has 0 saturated carbocycles. The lowest BCUT2D eigenvalue weighted by Crippen LogP contribution is -2.43. The van der Waals surface area contributed by atoms with E-state index in [9.17, 15) is 14.4 Å². The second-order valence-corrected chi connectivity index (χ2v) is 10.1. The van der Waals surface area contributed by atoms with Crippen LogP contribution in [0, 0.1) is 0 Å². The number of hydrogen-bond acceptors (Lipinski definition) is 6. The highest BCUT2D eigenvalue weighted by molar-refractivity contribution is 5.96. The molecule has 0 bridgehead atoms. The monoisotopic (exact) mass is 540 g/mol. The number of furan rings is 1. The van der Waals surface area contributed by atoms with Gasteiger partial charge in [0.1, 0.15) is 17.4 Å². The van der Waals surface area contributed by atoms with E-state index in [1.165, 1.54) is 0 Å². The van der Waals surface area contributed by atoms with Crippen molar-refractivity contribution in [1.29, 1.82) is 0 Å². The van der Waals surface area contributed by atoms with E-state index in [-0.39, 0.29) is 36.5 Å². The Balaban J connectivity index is 1.41. The molecule has 0 unspecified atom stereocenters. The number of ether oxygens (including phenoxy) is 1. The first-order chi connectivity index (χ1) is 19.3. The van der Waals surface area contributed by atoms with Crippen molar-refractivity contribution in [3.63, 3.8) is 0 Å². The van der Waals surface area contributed by atoms with Gasteiger partial charge < -0.3 is 19.8 Å². The fourth-order valence-electron chi connectivity index (χ4n) is 4.48. The van der Waals surface area contributed by atoms with Crippen LogP contribution in [0.1, 0.15) is 56.0 Å². The maximum atomic E-state index is 13.1. The number of fused-ring (bicyclic) bond motifs is 1. The number of hydrogen-bond donors (Lipinski definition) is 2. The molecule has 3 aromatic carbocycles. The molecule has 0 aliphatic heterocycles. The quantitative estimate of drug-likeness (QED) is 0.147. The van der Waals surface area contributed by atoms with Gasteiger partial charge >= 0.3 is 5.97 Å². The molecule has 0 aliphatic rings. The number of Topliss-reactive ketones (excluding diaryl/α,β-unsaturated/α-hetero) is 1. The number of rotatable bonds is 13. The molecule has 1 amide bonds. The van der Waals surface area contributed by atoms with Gasteiger partial charge in [-0.15, -0.1) is 0 Å². The van der Waals surface area contributed by atoms with Gasteiger partial charge in [0, 0.05) is 47.5 Å². The Hall–Kier alpha value is -4.39. The van der Waals surface area contributed by atoms with E-state index in [1.807, 2.05) is 68.4 Å². The number of anilines is 1. The van der Waals surface area contributed by atoms with Crippen LogP contribution < -0.4 is 10.6 Å². The second-order valence-electron chi connectivity index (χ2n) is 10.1. The van der Waals surface area contributed by atoms with Gasteiger partial charge in [0.2, 0.25) is 5.91 Å². The van der Waals surface area contributed by atoms with E-state index in [0.29, 0.717) is 25.0 Å². The molecule has 1 aromatic heterocycles. The Morgan fingerprint density at radius 2 is 1.62 bits per heavy atom. The Morgan fingerprint density at radius 1 is 0.900 bits per heavy atom. The number of amides is 1. The molecule has 0 aliphatic carbocycles. The number of benzene rings is 3. The number of para-hydroxylation sites is 1. The van der Waals surface area contributed by atoms with Gasteiger partial charge in [0.05, 0.1) is 6.61 Å². The number of ketones is 1. The highest BCUT2D eigenvalue weighted by Gasteiger charge is 2.20. The summed E-state index contributed by atoms with van der Waals surface area (Å²) in [5.41, 5.74) is 4.13. The van der Waals surface area contributed by atoms with Gasteiger partial charge in [-0.2, -0.15) is 0 Å². The summed E-state index contributed by atoms with van der Waals surface area (Å²) >= 11 is 0. The fraction of sp³-hybridized carbons (Fsp3) is 0.303. The molecular weight excluding hydrogens is 504 g/mol. The second kappa shape index (κ2) is 13.6. The van der Waals surface area contributed by atoms with Gasteiger partial charge in [0.15, 0.2) is 5.78 Å². The van der Waals surface area contributed by atoms with Crippen LogP contribution >= 0.6 is 0 Å². The van der Waals surface area contributed by atoms with Crippen LogP contribution in [0.25, 0.3) is 22.3 Å². The van der Waals surface area contributed by atoms with E-state index in [1.54, 1.807) is 31.2 Å². The maximum absolute atomic E-state index is 13.1. The Bertz CT molecular complexity index is 1400. The number of carbonyl (C=O) groups is 3. The molecule has 1 atom stereocenters. The van der Waals surface area contributed by atoms with Crippen LogP contribution in [0.5, 0.6) is 0 Å². The van der Waals surface area contributed by atoms with Crippen LogP contribution in [0.15, 0.2) is 83.3 Å². The van der Waals surface area contributed by atoms with Crippen LogP contribution in [0.4, 0.5) is 5.69 Å². The lowest BCUT2D eigenvalue weighted by atomic mass is 10.0. The highest BCUT2D eigenvalue weighted by Crippen LogP contribution is 2.28. The van der Waals surface area contributed by atoms with Gasteiger partial charge in [-0.3, -0.25) is 14.4 Å². The summed E-state index contributed by atoms with van der Waals surface area (Å²) in [7, 11) is 0. The van der Waals surface area contributed by atoms with Crippen LogP contribution in [-0.2, 0) is 20.7 Å². The molecule has 4 rings (SSSR count). The topological polar surface area (TPSA) is 97.6 Å². The number of nitrogens with one attached hydrogen (secondary N) is 2. The molecule has 7 heteroatoms. The van der Waals surface area contributed by atoms with Crippen LogP contribution in [0.2, 0.25) is 0 Å². The van der Waals surface area contributed by atoms with E-state index < -0.39 is 6.04 Å². The summed E-state index contributed by atoms with van der Waals surface area (Å²) in [4.78, 5) is 37.1. The summed E-state index contributed by atoms with van der Waals surface area (Å²) in [5.74, 6) is 0.380. The van der Waals surface area contributed by atoms with Crippen molar-refractivity contribution in [3.8, 4) is 11.3 Å². The summed E-state index contributed by atoms with van der Waals surface area (Å²) in [6.07, 6.45) is 1.43. The van der Waals surface area contributed by atoms with E-state index in [0.717, 1.165) is 33.5 Å². The summed E-state index contributed by atoms with van der Waals surface area (Å²) < 4.78 is 10.9. The normalized spacial score (nSPS) is 11.8. The summed E-state index contributed by atoms with van der Waals surface area (Å²) in [6.45, 7) is 5.96. The minimum absolute atomic E-state index is 0.00173. The van der Waals surface area contributed by atoms with Crippen molar-refractivity contribution < 1.29 is 23.5 Å². The molecule has 1 heterocycles. The van der Waals surface area contributed by atoms with Crippen LogP contribution in [-0.4, -0.2) is 36.4 Å². The van der Waals surface area contributed by atoms with Crippen molar-refractivity contribution in [1.82, 2.24) is 5.32 Å². The molecule has 7 nitrogen and oxygen atoms in total. The van der Waals surface area contributed by atoms with E-state index >= 15 is 0 Å². The molecular formula is C33H36N2O5. The zero-order valence-electron chi connectivity index (χ0n) is 23.2. The van der Waals surface area contributed by atoms with Gasteiger partial charge in [0.25, 0.3) is 0 Å². The SMILES string of the molecule is CCOC(=O)CCCC(=O)c1ccc(N[C@H](Cc2ccc(-c3cc4ccccc4o3)cc2)C(=O)NC(C)C)cc1. The third kappa shape index (κ3) is 7.82. The van der Waals surface area contributed by atoms with Gasteiger partial charge in [-0.25, -0.2) is 0 Å². The fourth-order valence-corrected chi connectivity index (χ4v) is 4.48. The van der Waals surface area contributed by atoms with E-state index in [4.69, 9.17) is 9.15 Å². The Labute approximate surface area is 234 Å². The Kier molecular flexibility index (Phi) is 9.73. The number of carbonyl (C=O) groups excluding carboxylic acids is 3. The molecule has 40 heavy (non-hydrogen) atoms. The minimum Gasteiger partial charge on any atom is -0.466 e. The third-order valence-electron chi connectivity index (χ3n) is 6.49. The predicted octanol–water partition coefficient (Wildman–Crippen LogP) is 6.56. The maximum Gasteiger partial charge on any atom is 0.305 e. The average Bonchev–Trinajstić information content (AvgIpc) is 3.38. The predicted molar refractivity (Wildman–Crippen MR) is 157 cm³/mol. The first kappa shape index (κ1) is 28.6. The van der Waals surface area contributed by atoms with Gasteiger partial charge in [-0.1, -0.05) is 42.5 Å². The van der Waals surface area contributed by atoms with Crippen molar-refractivity contribution in [2.24, 2.45) is 0 Å². The molecule has 0 radical (unpaired) electrons. The van der Waals surface area contributed by atoms with Crippen molar-refractivity contribution >= 4 is 34.3 Å². The first-order valence-electron chi connectivity index (χ1n) is 13.8. The summed E-state index contributed by atoms with van der Waals surface area (Å²) in [6, 6.07) is 24.6. The van der Waals surface area contributed by atoms with Gasteiger partial charge in [-0.05, 0) is 69.2 Å². The van der Waals surface area contributed by atoms with Crippen LogP contribution in [0.3, 0.4) is 0 Å².